The van der Waals surface area contributed by atoms with Crippen molar-refractivity contribution >= 4 is 46.5 Å². The van der Waals surface area contributed by atoms with E-state index in [-0.39, 0.29) is 28.7 Å². The van der Waals surface area contributed by atoms with Crippen LogP contribution >= 0.6 is 11.6 Å². The van der Waals surface area contributed by atoms with Crippen LogP contribution in [0.15, 0.2) is 71.7 Å². The molecule has 0 bridgehead atoms. The fourth-order valence-electron chi connectivity index (χ4n) is 3.47. The smallest absolute Gasteiger partial charge is 0.255 e. The molecule has 0 aromatic heterocycles. The third-order valence-corrected chi connectivity index (χ3v) is 5.64. The van der Waals surface area contributed by atoms with Crippen LogP contribution in [0.5, 0.6) is 5.75 Å². The molecule has 2 amide bonds. The summed E-state index contributed by atoms with van der Waals surface area (Å²) in [5, 5.41) is 15.8. The normalized spacial score (nSPS) is 11.3. The highest BCUT2D eigenvalue weighted by molar-refractivity contribution is 6.30. The Morgan fingerprint density at radius 3 is 2.11 bits per heavy atom. The van der Waals surface area contributed by atoms with Gasteiger partial charge >= 0.3 is 0 Å². The van der Waals surface area contributed by atoms with Crippen LogP contribution in [0, 0.1) is 0 Å². The number of nitrogens with one attached hydrogen (secondary N) is 2. The number of hydrogen-bond donors (Lipinski definition) is 6. The van der Waals surface area contributed by atoms with Gasteiger partial charge in [-0.2, -0.15) is 0 Å². The Morgan fingerprint density at radius 2 is 1.49 bits per heavy atom. The summed E-state index contributed by atoms with van der Waals surface area (Å²) in [7, 11) is 0. The summed E-state index contributed by atoms with van der Waals surface area (Å²) in [6.07, 6.45) is 0.795. The molecule has 0 spiro atoms. The number of primary amides is 1. The van der Waals surface area contributed by atoms with E-state index in [1.165, 1.54) is 30.3 Å². The Bertz CT molecular complexity index is 1310. The summed E-state index contributed by atoms with van der Waals surface area (Å²) in [5.74, 6) is -1.42. The lowest BCUT2D eigenvalue weighted by atomic mass is 10.0. The quantitative estimate of drug-likeness (QED) is 0.0966. The first kappa shape index (κ1) is 27.0. The van der Waals surface area contributed by atoms with E-state index < -0.39 is 17.9 Å². The maximum Gasteiger partial charge on any atom is 0.255 e. The van der Waals surface area contributed by atoms with E-state index in [4.69, 9.17) is 28.8 Å². The van der Waals surface area contributed by atoms with Gasteiger partial charge in [0.25, 0.3) is 5.91 Å². The third-order valence-electron chi connectivity index (χ3n) is 5.38. The van der Waals surface area contributed by atoms with Crippen LogP contribution in [0.25, 0.3) is 0 Å². The maximum absolute atomic E-state index is 13.1. The van der Waals surface area contributed by atoms with E-state index in [1.807, 2.05) is 0 Å². The van der Waals surface area contributed by atoms with Gasteiger partial charge in [-0.05, 0) is 79.6 Å². The predicted molar refractivity (Wildman–Crippen MR) is 144 cm³/mol. The first-order valence-corrected chi connectivity index (χ1v) is 11.7. The minimum atomic E-state index is -0.795. The number of guanidine groups is 1. The molecule has 1 atom stereocenters. The van der Waals surface area contributed by atoms with Gasteiger partial charge in [-0.25, -0.2) is 0 Å². The van der Waals surface area contributed by atoms with Crippen LogP contribution in [0.2, 0.25) is 5.02 Å². The van der Waals surface area contributed by atoms with Crippen molar-refractivity contribution in [3.05, 3.63) is 88.4 Å². The first-order chi connectivity index (χ1) is 17.6. The van der Waals surface area contributed by atoms with Crippen LogP contribution in [-0.2, 0) is 4.79 Å². The van der Waals surface area contributed by atoms with Crippen molar-refractivity contribution < 1.29 is 19.5 Å². The van der Waals surface area contributed by atoms with E-state index in [2.05, 4.69) is 15.6 Å². The average molecular weight is 523 g/mol. The van der Waals surface area contributed by atoms with Crippen molar-refractivity contribution in [1.82, 2.24) is 0 Å². The number of carbonyl (C=O) groups excluding carboxylic acids is 3. The van der Waals surface area contributed by atoms with Crippen molar-refractivity contribution in [2.24, 2.45) is 22.2 Å². The Labute approximate surface area is 218 Å². The number of hydrogen-bond acceptors (Lipinski definition) is 6. The largest absolute Gasteiger partial charge is 0.508 e. The van der Waals surface area contributed by atoms with Crippen molar-refractivity contribution in [2.75, 3.05) is 17.2 Å². The molecule has 0 unspecified atom stereocenters. The number of halogens is 1. The van der Waals surface area contributed by atoms with Crippen LogP contribution in [-0.4, -0.2) is 41.3 Å². The zero-order valence-corrected chi connectivity index (χ0v) is 20.5. The second-order valence-electron chi connectivity index (χ2n) is 8.15. The number of phenolic OH excluding ortho intramolecular Hbond substituents is 1. The number of rotatable bonds is 11. The molecule has 0 aliphatic heterocycles. The topological polar surface area (TPSA) is 186 Å². The van der Waals surface area contributed by atoms with Gasteiger partial charge in [-0.1, -0.05) is 11.6 Å². The van der Waals surface area contributed by atoms with E-state index in [0.29, 0.717) is 41.2 Å². The van der Waals surface area contributed by atoms with Crippen LogP contribution in [0.3, 0.4) is 0 Å². The molecule has 11 heteroatoms. The highest BCUT2D eigenvalue weighted by atomic mass is 35.5. The SMILES string of the molecule is NC(=O)[C@@H](CCCN=C(N)N)Nc1ccc(C(=O)c2ccc(Cl)cc2)cc1NC(=O)c1ccc(O)cc1. The van der Waals surface area contributed by atoms with E-state index in [9.17, 15) is 19.5 Å². The number of benzene rings is 3. The van der Waals surface area contributed by atoms with E-state index in [0.717, 1.165) is 0 Å². The highest BCUT2D eigenvalue weighted by Crippen LogP contribution is 2.27. The summed E-state index contributed by atoms with van der Waals surface area (Å²) < 4.78 is 0. The van der Waals surface area contributed by atoms with Gasteiger partial charge in [0.05, 0.1) is 11.4 Å². The number of anilines is 2. The minimum absolute atomic E-state index is 0.0134. The third kappa shape index (κ3) is 7.71. The van der Waals surface area contributed by atoms with Crippen LogP contribution in [0.1, 0.15) is 39.1 Å². The number of nitrogens with two attached hydrogens (primary N) is 3. The molecule has 0 saturated carbocycles. The fourth-order valence-corrected chi connectivity index (χ4v) is 3.59. The molecule has 0 radical (unpaired) electrons. The minimum Gasteiger partial charge on any atom is -0.508 e. The molecule has 10 nitrogen and oxygen atoms in total. The lowest BCUT2D eigenvalue weighted by Crippen LogP contribution is -2.36. The molecule has 0 aliphatic carbocycles. The highest BCUT2D eigenvalue weighted by Gasteiger charge is 2.19. The Hall–Kier alpha value is -4.57. The number of amides is 2. The monoisotopic (exact) mass is 522 g/mol. The molecule has 0 saturated heterocycles. The molecule has 9 N–H and O–H groups in total. The molecular formula is C26H27ClN6O4. The van der Waals surface area contributed by atoms with Crippen molar-refractivity contribution in [3.8, 4) is 5.75 Å². The summed E-state index contributed by atoms with van der Waals surface area (Å²) >= 11 is 5.93. The number of phenols is 1. The lowest BCUT2D eigenvalue weighted by molar-refractivity contribution is -0.118. The zero-order chi connectivity index (χ0) is 26.9. The second kappa shape index (κ2) is 12.4. The fraction of sp³-hybridized carbons (Fsp3) is 0.154. The molecule has 3 aromatic carbocycles. The number of ketones is 1. The Morgan fingerprint density at radius 1 is 0.865 bits per heavy atom. The average Bonchev–Trinajstić information content (AvgIpc) is 2.86. The van der Waals surface area contributed by atoms with Gasteiger partial charge in [-0.3, -0.25) is 19.4 Å². The number of carbonyl (C=O) groups is 3. The number of aliphatic imine (C=N–C) groups is 1. The van der Waals surface area contributed by atoms with E-state index in [1.54, 1.807) is 36.4 Å². The molecule has 0 aliphatic rings. The predicted octanol–water partition coefficient (Wildman–Crippen LogP) is 2.85. The van der Waals surface area contributed by atoms with Gasteiger partial charge in [-0.15, -0.1) is 0 Å². The summed E-state index contributed by atoms with van der Waals surface area (Å²) in [5.41, 5.74) is 17.9. The lowest BCUT2D eigenvalue weighted by Gasteiger charge is -2.20. The molecule has 37 heavy (non-hydrogen) atoms. The number of nitrogens with zero attached hydrogens (tertiary/aromatic N) is 1. The molecule has 0 fully saturated rings. The summed E-state index contributed by atoms with van der Waals surface area (Å²) in [6, 6.07) is 16.0. The van der Waals surface area contributed by atoms with Crippen LogP contribution in [0.4, 0.5) is 11.4 Å². The number of aromatic hydroxyl groups is 1. The maximum atomic E-state index is 13.1. The van der Waals surface area contributed by atoms with Crippen molar-refractivity contribution in [2.45, 2.75) is 18.9 Å². The Kier molecular flexibility index (Phi) is 9.06. The second-order valence-corrected chi connectivity index (χ2v) is 8.58. The summed E-state index contributed by atoms with van der Waals surface area (Å²) in [6.45, 7) is 0.312. The van der Waals surface area contributed by atoms with Crippen molar-refractivity contribution in [3.63, 3.8) is 0 Å². The molecule has 0 heterocycles. The molecular weight excluding hydrogens is 496 g/mol. The molecule has 3 aromatic rings. The van der Waals surface area contributed by atoms with Crippen LogP contribution < -0.4 is 27.8 Å². The molecule has 3 rings (SSSR count). The van der Waals surface area contributed by atoms with Crippen molar-refractivity contribution in [1.29, 1.82) is 0 Å². The van der Waals surface area contributed by atoms with Gasteiger partial charge in [0.1, 0.15) is 11.8 Å². The molecule has 192 valence electrons. The standard InChI is InChI=1S/C26H27ClN6O4/c27-18-8-3-15(4-9-18)23(35)17-7-12-20(32-21(24(28)36)2-1-13-31-26(29)30)22(14-17)33-25(37)16-5-10-19(34)11-6-16/h3-12,14,21,32,34H,1-2,13H2,(H2,28,36)(H,33,37)(H4,29,30,31)/t21-/m1/s1. The first-order valence-electron chi connectivity index (χ1n) is 11.3. The van der Waals surface area contributed by atoms with Gasteiger partial charge in [0.15, 0.2) is 11.7 Å². The summed E-state index contributed by atoms with van der Waals surface area (Å²) in [4.78, 5) is 42.0. The van der Waals surface area contributed by atoms with Gasteiger partial charge < -0.3 is 32.9 Å². The van der Waals surface area contributed by atoms with Gasteiger partial charge in [0, 0.05) is 28.3 Å². The van der Waals surface area contributed by atoms with E-state index >= 15 is 0 Å². The van der Waals surface area contributed by atoms with Gasteiger partial charge in [0.2, 0.25) is 5.91 Å². The zero-order valence-electron chi connectivity index (χ0n) is 19.8. The Balaban J connectivity index is 1.91.